The second kappa shape index (κ2) is 10.4. The zero-order chi connectivity index (χ0) is 22.3. The highest BCUT2D eigenvalue weighted by Crippen LogP contribution is 2.27. The topological polar surface area (TPSA) is 76.5 Å². The molecule has 7 nitrogen and oxygen atoms in total. The summed E-state index contributed by atoms with van der Waals surface area (Å²) in [5.41, 5.74) is 0.772. The number of nitrogens with zero attached hydrogens (tertiary/aromatic N) is 3. The van der Waals surface area contributed by atoms with Crippen LogP contribution in [0.15, 0.2) is 77.0 Å². The minimum Gasteiger partial charge on any atom is -0.484 e. The summed E-state index contributed by atoms with van der Waals surface area (Å²) >= 11 is 1.57. The summed E-state index contributed by atoms with van der Waals surface area (Å²) in [6.45, 7) is 1.14. The molecule has 32 heavy (non-hydrogen) atoms. The Morgan fingerprint density at radius 1 is 1.09 bits per heavy atom. The summed E-state index contributed by atoms with van der Waals surface area (Å²) in [5.74, 6) is 0.533. The molecule has 2 heterocycles. The Bertz CT molecular complexity index is 1040. The van der Waals surface area contributed by atoms with Crippen molar-refractivity contribution in [3.63, 3.8) is 0 Å². The van der Waals surface area contributed by atoms with Crippen molar-refractivity contribution in [3.05, 3.63) is 67.0 Å². The monoisotopic (exact) mass is 450 g/mol. The molecule has 0 atom stereocenters. The standard InChI is InChI=1S/C24H26N4O3S/c1-27-16-13-25-24(27)32-21-9-7-19(8-10-21)26-23(30)18-11-14-28(15-12-18)22(29)17-31-20-5-3-2-4-6-20/h2-10,13,16,18H,11-12,14-15,17H2,1H3,(H,26,30). The molecule has 3 aromatic rings. The van der Waals surface area contributed by atoms with Crippen LogP contribution in [0.3, 0.4) is 0 Å². The lowest BCUT2D eigenvalue weighted by molar-refractivity contribution is -0.136. The summed E-state index contributed by atoms with van der Waals surface area (Å²) < 4.78 is 7.51. The van der Waals surface area contributed by atoms with E-state index >= 15 is 0 Å². The first-order valence-electron chi connectivity index (χ1n) is 10.6. The molecule has 166 valence electrons. The van der Waals surface area contributed by atoms with Crippen LogP contribution in [0.1, 0.15) is 12.8 Å². The SMILES string of the molecule is Cn1ccnc1Sc1ccc(NC(=O)C2CCN(C(=O)COc3ccccc3)CC2)cc1. The number of likely N-dealkylation sites (tertiary alicyclic amines) is 1. The summed E-state index contributed by atoms with van der Waals surface area (Å²) in [6, 6.07) is 17.1. The van der Waals surface area contributed by atoms with Gasteiger partial charge in [-0.2, -0.15) is 0 Å². The molecule has 4 rings (SSSR count). The molecule has 1 aliphatic heterocycles. The number of carbonyl (C=O) groups excluding carboxylic acids is 2. The van der Waals surface area contributed by atoms with Gasteiger partial charge in [0.25, 0.3) is 5.91 Å². The predicted molar refractivity (Wildman–Crippen MR) is 124 cm³/mol. The average Bonchev–Trinajstić information content (AvgIpc) is 3.23. The first kappa shape index (κ1) is 22.0. The van der Waals surface area contributed by atoms with Gasteiger partial charge >= 0.3 is 0 Å². The van der Waals surface area contributed by atoms with E-state index in [-0.39, 0.29) is 24.3 Å². The molecule has 0 spiro atoms. The normalized spacial score (nSPS) is 14.2. The number of carbonyl (C=O) groups is 2. The molecule has 2 amide bonds. The third-order valence-electron chi connectivity index (χ3n) is 5.43. The minimum atomic E-state index is -0.101. The Morgan fingerprint density at radius 3 is 2.47 bits per heavy atom. The van der Waals surface area contributed by atoms with Crippen LogP contribution >= 0.6 is 11.8 Å². The van der Waals surface area contributed by atoms with Crippen LogP contribution in [-0.4, -0.2) is 46.0 Å². The molecule has 0 aliphatic carbocycles. The van der Waals surface area contributed by atoms with Crippen LogP contribution in [0.2, 0.25) is 0 Å². The lowest BCUT2D eigenvalue weighted by Gasteiger charge is -2.31. The molecular formula is C24H26N4O3S. The molecule has 0 bridgehead atoms. The predicted octanol–water partition coefficient (Wildman–Crippen LogP) is 3.83. The molecule has 1 aliphatic rings. The van der Waals surface area contributed by atoms with E-state index in [9.17, 15) is 9.59 Å². The van der Waals surface area contributed by atoms with Gasteiger partial charge in [0.15, 0.2) is 11.8 Å². The van der Waals surface area contributed by atoms with E-state index in [0.29, 0.717) is 31.7 Å². The number of para-hydroxylation sites is 1. The third-order valence-corrected chi connectivity index (χ3v) is 6.52. The van der Waals surface area contributed by atoms with Crippen molar-refractivity contribution in [2.45, 2.75) is 22.9 Å². The summed E-state index contributed by atoms with van der Waals surface area (Å²) in [7, 11) is 1.96. The quantitative estimate of drug-likeness (QED) is 0.592. The number of benzene rings is 2. The van der Waals surface area contributed by atoms with E-state index < -0.39 is 0 Å². The van der Waals surface area contributed by atoms with E-state index in [4.69, 9.17) is 4.74 Å². The molecule has 0 unspecified atom stereocenters. The van der Waals surface area contributed by atoms with Crippen LogP contribution in [0, 0.1) is 5.92 Å². The number of ether oxygens (including phenoxy) is 1. The lowest BCUT2D eigenvalue weighted by atomic mass is 9.95. The van der Waals surface area contributed by atoms with Gasteiger partial charge in [0.2, 0.25) is 5.91 Å². The van der Waals surface area contributed by atoms with Crippen LogP contribution in [0.5, 0.6) is 5.75 Å². The van der Waals surface area contributed by atoms with Gasteiger partial charge in [-0.15, -0.1) is 0 Å². The Morgan fingerprint density at radius 2 is 1.81 bits per heavy atom. The number of amides is 2. The number of rotatable bonds is 7. The Labute approximate surface area is 191 Å². The molecule has 0 radical (unpaired) electrons. The molecule has 8 heteroatoms. The first-order valence-corrected chi connectivity index (χ1v) is 11.4. The molecule has 1 fully saturated rings. The first-order chi connectivity index (χ1) is 15.6. The largest absolute Gasteiger partial charge is 0.484 e. The Hall–Kier alpha value is -3.26. The van der Waals surface area contributed by atoms with Gasteiger partial charge in [0.05, 0.1) is 0 Å². The number of aryl methyl sites for hydroxylation is 1. The second-order valence-corrected chi connectivity index (χ2v) is 8.73. The van der Waals surface area contributed by atoms with Gasteiger partial charge in [-0.1, -0.05) is 30.0 Å². The van der Waals surface area contributed by atoms with Crippen molar-refractivity contribution in [1.82, 2.24) is 14.5 Å². The van der Waals surface area contributed by atoms with E-state index in [1.165, 1.54) is 0 Å². The van der Waals surface area contributed by atoms with E-state index in [1.54, 1.807) is 22.9 Å². The zero-order valence-electron chi connectivity index (χ0n) is 17.9. The highest BCUT2D eigenvalue weighted by atomic mass is 32.2. The second-order valence-electron chi connectivity index (χ2n) is 7.69. The zero-order valence-corrected chi connectivity index (χ0v) is 18.8. The smallest absolute Gasteiger partial charge is 0.260 e. The number of piperidine rings is 1. The average molecular weight is 451 g/mol. The van der Waals surface area contributed by atoms with Crippen molar-refractivity contribution < 1.29 is 14.3 Å². The van der Waals surface area contributed by atoms with Gasteiger partial charge in [-0.3, -0.25) is 9.59 Å². The Kier molecular flexibility index (Phi) is 7.11. The molecule has 1 N–H and O–H groups in total. The maximum atomic E-state index is 12.7. The van der Waals surface area contributed by atoms with E-state index in [0.717, 1.165) is 15.7 Å². The van der Waals surface area contributed by atoms with Gasteiger partial charge < -0.3 is 19.5 Å². The van der Waals surface area contributed by atoms with E-state index in [1.807, 2.05) is 72.4 Å². The fourth-order valence-electron chi connectivity index (χ4n) is 3.55. The van der Waals surface area contributed by atoms with Gasteiger partial charge in [0, 0.05) is 49.0 Å². The summed E-state index contributed by atoms with van der Waals surface area (Å²) in [6.07, 6.45) is 4.98. The summed E-state index contributed by atoms with van der Waals surface area (Å²) in [5, 5.41) is 3.92. The van der Waals surface area contributed by atoms with Crippen molar-refractivity contribution >= 4 is 29.3 Å². The van der Waals surface area contributed by atoms with Crippen molar-refractivity contribution in [2.24, 2.45) is 13.0 Å². The molecular weight excluding hydrogens is 424 g/mol. The van der Waals surface area contributed by atoms with Gasteiger partial charge in [0.1, 0.15) is 5.75 Å². The number of nitrogens with one attached hydrogen (secondary N) is 1. The van der Waals surface area contributed by atoms with Crippen LogP contribution in [0.4, 0.5) is 5.69 Å². The lowest BCUT2D eigenvalue weighted by Crippen LogP contribution is -2.43. The van der Waals surface area contributed by atoms with Crippen molar-refractivity contribution in [1.29, 1.82) is 0 Å². The Balaban J connectivity index is 1.22. The number of imidazole rings is 1. The van der Waals surface area contributed by atoms with Crippen molar-refractivity contribution in [3.8, 4) is 5.75 Å². The fraction of sp³-hybridized carbons (Fsp3) is 0.292. The highest BCUT2D eigenvalue weighted by Gasteiger charge is 2.27. The van der Waals surface area contributed by atoms with Gasteiger partial charge in [-0.25, -0.2) is 4.98 Å². The molecule has 0 saturated carbocycles. The molecule has 1 aromatic heterocycles. The highest BCUT2D eigenvalue weighted by molar-refractivity contribution is 7.99. The van der Waals surface area contributed by atoms with Crippen LogP contribution in [-0.2, 0) is 16.6 Å². The fourth-order valence-corrected chi connectivity index (χ4v) is 4.35. The van der Waals surface area contributed by atoms with Crippen LogP contribution in [0.25, 0.3) is 0 Å². The van der Waals surface area contributed by atoms with E-state index in [2.05, 4.69) is 10.3 Å². The van der Waals surface area contributed by atoms with Crippen LogP contribution < -0.4 is 10.1 Å². The number of hydrogen-bond acceptors (Lipinski definition) is 5. The maximum Gasteiger partial charge on any atom is 0.260 e. The number of anilines is 1. The summed E-state index contributed by atoms with van der Waals surface area (Å²) in [4.78, 5) is 32.2. The van der Waals surface area contributed by atoms with Gasteiger partial charge in [-0.05, 0) is 49.2 Å². The minimum absolute atomic E-state index is 0.00198. The third kappa shape index (κ3) is 5.70. The number of hydrogen-bond donors (Lipinski definition) is 1. The maximum absolute atomic E-state index is 12.7. The molecule has 1 saturated heterocycles. The van der Waals surface area contributed by atoms with Crippen molar-refractivity contribution in [2.75, 3.05) is 25.0 Å². The molecule has 2 aromatic carbocycles. The number of aromatic nitrogens is 2.